The fraction of sp³-hybridized carbons (Fsp3) is 0.278. The summed E-state index contributed by atoms with van der Waals surface area (Å²) in [4.78, 5) is 38.9. The molecule has 0 atom stereocenters. The zero-order valence-corrected chi connectivity index (χ0v) is 16.1. The third kappa shape index (κ3) is 3.82. The predicted octanol–water partition coefficient (Wildman–Crippen LogP) is 3.51. The summed E-state index contributed by atoms with van der Waals surface area (Å²) in [6.45, 7) is 2.78. The molecule has 0 radical (unpaired) electrons. The minimum Gasteiger partial charge on any atom is -0.351 e. The summed E-state index contributed by atoms with van der Waals surface area (Å²) in [7, 11) is 0. The molecule has 1 aliphatic heterocycles. The zero-order valence-electron chi connectivity index (χ0n) is 13.7. The van der Waals surface area contributed by atoms with Gasteiger partial charge < -0.3 is 5.32 Å². The van der Waals surface area contributed by atoms with Crippen molar-refractivity contribution in [3.63, 3.8) is 0 Å². The number of carbonyl (C=O) groups is 3. The van der Waals surface area contributed by atoms with E-state index in [0.717, 1.165) is 9.35 Å². The lowest BCUT2D eigenvalue weighted by molar-refractivity contribution is -0.121. The Morgan fingerprint density at radius 1 is 1.20 bits per heavy atom. The highest BCUT2D eigenvalue weighted by atomic mass is 79.9. The van der Waals surface area contributed by atoms with E-state index in [1.165, 1.54) is 10.5 Å². The molecule has 0 saturated carbocycles. The van der Waals surface area contributed by atoms with Gasteiger partial charge in [-0.25, -0.2) is 0 Å². The smallest absolute Gasteiger partial charge is 0.261 e. The van der Waals surface area contributed by atoms with Crippen molar-refractivity contribution >= 4 is 45.0 Å². The highest BCUT2D eigenvalue weighted by molar-refractivity contribution is 9.10. The molecule has 3 amide bonds. The minimum atomic E-state index is -0.295. The molecule has 3 rings (SSSR count). The second kappa shape index (κ2) is 7.49. The second-order valence-electron chi connectivity index (χ2n) is 5.86. The number of carbonyl (C=O) groups excluding carboxylic acids is 3. The maximum absolute atomic E-state index is 12.3. The summed E-state index contributed by atoms with van der Waals surface area (Å²) in [6, 6.07) is 7.07. The van der Waals surface area contributed by atoms with Crippen LogP contribution in [0, 0.1) is 6.92 Å². The van der Waals surface area contributed by atoms with Gasteiger partial charge in [-0.2, -0.15) is 0 Å². The first-order valence-electron chi connectivity index (χ1n) is 7.93. The van der Waals surface area contributed by atoms with E-state index in [4.69, 9.17) is 0 Å². The van der Waals surface area contributed by atoms with Gasteiger partial charge in [-0.1, -0.05) is 15.9 Å². The van der Waals surface area contributed by atoms with Gasteiger partial charge in [0.15, 0.2) is 0 Å². The molecule has 1 N–H and O–H groups in total. The average molecular weight is 421 g/mol. The molecule has 0 bridgehead atoms. The van der Waals surface area contributed by atoms with E-state index >= 15 is 0 Å². The van der Waals surface area contributed by atoms with Crippen molar-refractivity contribution in [2.75, 3.05) is 6.54 Å². The standard InChI is InChI=1S/C18H17BrN2O3S/c1-11-6-8-25-15(11)10-20-16(22)3-2-7-21-17(23)13-5-4-12(19)9-14(13)18(21)24/h4-6,8-9H,2-3,7,10H2,1H3,(H,20,22). The number of benzene rings is 1. The normalized spacial score (nSPS) is 13.3. The number of imide groups is 1. The first kappa shape index (κ1) is 17.8. The number of hydrogen-bond donors (Lipinski definition) is 1. The van der Waals surface area contributed by atoms with Crippen molar-refractivity contribution in [2.45, 2.75) is 26.3 Å². The summed E-state index contributed by atoms with van der Waals surface area (Å²) in [5, 5.41) is 4.87. The third-order valence-corrected chi connectivity index (χ3v) is 5.65. The Labute approximate surface area is 158 Å². The lowest BCUT2D eigenvalue weighted by Crippen LogP contribution is -2.32. The van der Waals surface area contributed by atoms with Crippen LogP contribution in [0.2, 0.25) is 0 Å². The van der Waals surface area contributed by atoms with E-state index in [-0.39, 0.29) is 30.7 Å². The summed E-state index contributed by atoms with van der Waals surface area (Å²) in [6.07, 6.45) is 0.726. The maximum atomic E-state index is 12.3. The van der Waals surface area contributed by atoms with Crippen LogP contribution in [0.5, 0.6) is 0 Å². The van der Waals surface area contributed by atoms with Crippen molar-refractivity contribution in [3.8, 4) is 0 Å². The van der Waals surface area contributed by atoms with Gasteiger partial charge in [0, 0.05) is 22.3 Å². The Kier molecular flexibility index (Phi) is 5.34. The van der Waals surface area contributed by atoms with Gasteiger partial charge in [-0.05, 0) is 48.6 Å². The molecule has 0 aliphatic carbocycles. The van der Waals surface area contributed by atoms with Crippen LogP contribution in [0.15, 0.2) is 34.1 Å². The number of nitrogens with zero attached hydrogens (tertiary/aromatic N) is 1. The lowest BCUT2D eigenvalue weighted by Gasteiger charge is -2.13. The van der Waals surface area contributed by atoms with Crippen molar-refractivity contribution in [1.29, 1.82) is 0 Å². The Bertz CT molecular complexity index is 847. The van der Waals surface area contributed by atoms with Gasteiger partial charge in [-0.15, -0.1) is 11.3 Å². The van der Waals surface area contributed by atoms with Crippen molar-refractivity contribution < 1.29 is 14.4 Å². The van der Waals surface area contributed by atoms with Gasteiger partial charge in [0.1, 0.15) is 0 Å². The van der Waals surface area contributed by atoms with E-state index < -0.39 is 0 Å². The van der Waals surface area contributed by atoms with Crippen molar-refractivity contribution in [1.82, 2.24) is 10.2 Å². The zero-order chi connectivity index (χ0) is 18.0. The van der Waals surface area contributed by atoms with Crippen LogP contribution in [-0.2, 0) is 11.3 Å². The van der Waals surface area contributed by atoms with Gasteiger partial charge in [-0.3, -0.25) is 19.3 Å². The topological polar surface area (TPSA) is 66.5 Å². The Morgan fingerprint density at radius 2 is 1.96 bits per heavy atom. The maximum Gasteiger partial charge on any atom is 0.261 e. The van der Waals surface area contributed by atoms with Gasteiger partial charge in [0.25, 0.3) is 11.8 Å². The summed E-state index contributed by atoms with van der Waals surface area (Å²) in [5.41, 5.74) is 2.00. The first-order chi connectivity index (χ1) is 12.0. The second-order valence-corrected chi connectivity index (χ2v) is 7.78. The number of aryl methyl sites for hydroxylation is 1. The van der Waals surface area contributed by atoms with E-state index in [2.05, 4.69) is 21.2 Å². The largest absolute Gasteiger partial charge is 0.351 e. The minimum absolute atomic E-state index is 0.0767. The summed E-state index contributed by atoms with van der Waals surface area (Å²) >= 11 is 4.92. The molecule has 1 aromatic carbocycles. The highest BCUT2D eigenvalue weighted by Gasteiger charge is 2.35. The van der Waals surface area contributed by atoms with E-state index in [0.29, 0.717) is 24.1 Å². The van der Waals surface area contributed by atoms with E-state index in [1.807, 2.05) is 18.4 Å². The van der Waals surface area contributed by atoms with Crippen LogP contribution in [0.4, 0.5) is 0 Å². The number of rotatable bonds is 6. The number of nitrogens with one attached hydrogen (secondary N) is 1. The molecule has 7 heteroatoms. The molecule has 0 fully saturated rings. The first-order valence-corrected chi connectivity index (χ1v) is 9.60. The van der Waals surface area contributed by atoms with Crippen LogP contribution in [0.3, 0.4) is 0 Å². The molecule has 0 saturated heterocycles. The number of thiophene rings is 1. The lowest BCUT2D eigenvalue weighted by atomic mass is 10.1. The summed E-state index contributed by atoms with van der Waals surface area (Å²) in [5.74, 6) is -0.662. The Balaban J connectivity index is 1.49. The molecule has 130 valence electrons. The van der Waals surface area contributed by atoms with Gasteiger partial charge in [0.2, 0.25) is 5.91 Å². The van der Waals surface area contributed by atoms with E-state index in [1.54, 1.807) is 29.5 Å². The molecule has 0 spiro atoms. The number of fused-ring (bicyclic) bond motifs is 1. The summed E-state index contributed by atoms with van der Waals surface area (Å²) < 4.78 is 0.762. The fourth-order valence-electron chi connectivity index (χ4n) is 2.72. The fourth-order valence-corrected chi connectivity index (χ4v) is 3.92. The number of halogens is 1. The van der Waals surface area contributed by atoms with Crippen LogP contribution in [0.25, 0.3) is 0 Å². The Morgan fingerprint density at radius 3 is 2.68 bits per heavy atom. The van der Waals surface area contributed by atoms with E-state index in [9.17, 15) is 14.4 Å². The SMILES string of the molecule is Cc1ccsc1CNC(=O)CCCN1C(=O)c2ccc(Br)cc2C1=O. The highest BCUT2D eigenvalue weighted by Crippen LogP contribution is 2.26. The average Bonchev–Trinajstić information content (AvgIpc) is 3.09. The van der Waals surface area contributed by atoms with Crippen LogP contribution in [-0.4, -0.2) is 29.2 Å². The van der Waals surface area contributed by atoms with Gasteiger partial charge in [0.05, 0.1) is 17.7 Å². The molecular weight excluding hydrogens is 404 g/mol. The molecule has 25 heavy (non-hydrogen) atoms. The molecule has 1 aromatic heterocycles. The number of amides is 3. The predicted molar refractivity (Wildman–Crippen MR) is 99.6 cm³/mol. The van der Waals surface area contributed by atoms with Crippen molar-refractivity contribution in [3.05, 3.63) is 55.7 Å². The molecular formula is C18H17BrN2O3S. The monoisotopic (exact) mass is 420 g/mol. The molecule has 0 unspecified atom stereocenters. The van der Waals surface area contributed by atoms with Crippen LogP contribution >= 0.6 is 27.3 Å². The van der Waals surface area contributed by atoms with Crippen LogP contribution in [0.1, 0.15) is 44.0 Å². The van der Waals surface area contributed by atoms with Crippen LogP contribution < -0.4 is 5.32 Å². The molecule has 1 aliphatic rings. The van der Waals surface area contributed by atoms with Crippen molar-refractivity contribution in [2.24, 2.45) is 0 Å². The Hall–Kier alpha value is -1.99. The number of hydrogen-bond acceptors (Lipinski definition) is 4. The molecule has 2 aromatic rings. The van der Waals surface area contributed by atoms with Gasteiger partial charge >= 0.3 is 0 Å². The quantitative estimate of drug-likeness (QED) is 0.726. The third-order valence-electron chi connectivity index (χ3n) is 4.13. The molecule has 5 nitrogen and oxygen atoms in total. The molecule has 2 heterocycles.